The quantitative estimate of drug-likeness (QED) is 0.653. The minimum Gasteiger partial charge on any atom is -0.303 e. The first-order chi connectivity index (χ1) is 14.0. The Balaban J connectivity index is 1.72. The van der Waals surface area contributed by atoms with Gasteiger partial charge in [-0.05, 0) is 86.7 Å². The van der Waals surface area contributed by atoms with E-state index in [1.54, 1.807) is 13.0 Å². The maximum atomic E-state index is 13.6. The van der Waals surface area contributed by atoms with E-state index in [-0.39, 0.29) is 11.4 Å². The third kappa shape index (κ3) is 3.97. The second kappa shape index (κ2) is 8.07. The number of piperidine rings is 1. The SMILES string of the molecule is CCN1CCCC(Cn2c(C)nc3ccc(-c4ccc(F)c(C)c4)cc3c2=O)C1. The summed E-state index contributed by atoms with van der Waals surface area (Å²) in [5.41, 5.74) is 3.14. The van der Waals surface area contributed by atoms with Crippen molar-refractivity contribution in [3.8, 4) is 11.1 Å². The highest BCUT2D eigenvalue weighted by atomic mass is 19.1. The fourth-order valence-electron chi connectivity index (χ4n) is 4.40. The van der Waals surface area contributed by atoms with Crippen molar-refractivity contribution in [3.05, 3.63) is 64.0 Å². The molecule has 1 unspecified atom stereocenters. The zero-order chi connectivity index (χ0) is 20.5. The van der Waals surface area contributed by atoms with Crippen LogP contribution >= 0.6 is 0 Å². The molecule has 1 fully saturated rings. The van der Waals surface area contributed by atoms with E-state index in [1.165, 1.54) is 12.5 Å². The van der Waals surface area contributed by atoms with Gasteiger partial charge in [0.2, 0.25) is 0 Å². The van der Waals surface area contributed by atoms with Crippen molar-refractivity contribution in [1.82, 2.24) is 14.5 Å². The molecule has 4 nitrogen and oxygen atoms in total. The molecule has 3 aromatic rings. The molecule has 2 aromatic carbocycles. The molecule has 1 saturated heterocycles. The molecule has 5 heteroatoms. The van der Waals surface area contributed by atoms with Crippen molar-refractivity contribution in [3.63, 3.8) is 0 Å². The van der Waals surface area contributed by atoms with Crippen molar-refractivity contribution in [2.45, 2.75) is 40.2 Å². The maximum Gasteiger partial charge on any atom is 0.261 e. The van der Waals surface area contributed by atoms with Gasteiger partial charge in [-0.1, -0.05) is 19.1 Å². The van der Waals surface area contributed by atoms with Crippen LogP contribution in [-0.4, -0.2) is 34.1 Å². The Morgan fingerprint density at radius 1 is 1.14 bits per heavy atom. The minimum absolute atomic E-state index is 0.0156. The van der Waals surface area contributed by atoms with Crippen LogP contribution in [0.1, 0.15) is 31.2 Å². The number of halogens is 1. The van der Waals surface area contributed by atoms with Gasteiger partial charge in [-0.3, -0.25) is 9.36 Å². The van der Waals surface area contributed by atoms with Crippen LogP contribution in [0.25, 0.3) is 22.0 Å². The van der Waals surface area contributed by atoms with Crippen LogP contribution in [0.15, 0.2) is 41.2 Å². The average molecular weight is 394 g/mol. The first-order valence-corrected chi connectivity index (χ1v) is 10.5. The molecular weight excluding hydrogens is 365 g/mol. The predicted molar refractivity (Wildman–Crippen MR) is 116 cm³/mol. The molecule has 2 heterocycles. The second-order valence-corrected chi connectivity index (χ2v) is 8.17. The topological polar surface area (TPSA) is 38.1 Å². The highest BCUT2D eigenvalue weighted by molar-refractivity contribution is 5.84. The first kappa shape index (κ1) is 19.8. The molecule has 0 bridgehead atoms. The molecule has 0 aliphatic carbocycles. The van der Waals surface area contributed by atoms with Crippen LogP contribution in [0.2, 0.25) is 0 Å². The zero-order valence-electron chi connectivity index (χ0n) is 17.4. The lowest BCUT2D eigenvalue weighted by Crippen LogP contribution is -2.38. The Hall–Kier alpha value is -2.53. The van der Waals surface area contributed by atoms with Crippen molar-refractivity contribution < 1.29 is 4.39 Å². The second-order valence-electron chi connectivity index (χ2n) is 8.17. The van der Waals surface area contributed by atoms with Crippen molar-refractivity contribution >= 4 is 10.9 Å². The number of fused-ring (bicyclic) bond motifs is 1. The normalized spacial score (nSPS) is 17.7. The molecule has 1 aliphatic heterocycles. The van der Waals surface area contributed by atoms with E-state index in [9.17, 15) is 9.18 Å². The molecule has 1 atom stereocenters. The third-order valence-corrected chi connectivity index (χ3v) is 6.13. The van der Waals surface area contributed by atoms with Crippen LogP contribution in [-0.2, 0) is 6.54 Å². The van der Waals surface area contributed by atoms with Gasteiger partial charge < -0.3 is 4.90 Å². The van der Waals surface area contributed by atoms with E-state index in [1.807, 2.05) is 35.8 Å². The van der Waals surface area contributed by atoms with Gasteiger partial charge >= 0.3 is 0 Å². The number of nitrogens with zero attached hydrogens (tertiary/aromatic N) is 3. The molecule has 152 valence electrons. The van der Waals surface area contributed by atoms with Crippen LogP contribution in [0.5, 0.6) is 0 Å². The van der Waals surface area contributed by atoms with Crippen LogP contribution < -0.4 is 5.56 Å². The van der Waals surface area contributed by atoms with E-state index < -0.39 is 0 Å². The summed E-state index contributed by atoms with van der Waals surface area (Å²) in [6.45, 7) is 9.81. The minimum atomic E-state index is -0.220. The number of likely N-dealkylation sites (tertiary alicyclic amines) is 1. The van der Waals surface area contributed by atoms with Crippen molar-refractivity contribution in [2.24, 2.45) is 5.92 Å². The van der Waals surface area contributed by atoms with E-state index in [4.69, 9.17) is 4.98 Å². The molecule has 0 amide bonds. The Morgan fingerprint density at radius 3 is 2.66 bits per heavy atom. The monoisotopic (exact) mass is 393 g/mol. The predicted octanol–water partition coefficient (Wildman–Crippen LogP) is 4.55. The molecule has 0 N–H and O–H groups in total. The summed E-state index contributed by atoms with van der Waals surface area (Å²) in [5.74, 6) is 1.02. The van der Waals surface area contributed by atoms with Gasteiger partial charge in [0, 0.05) is 13.1 Å². The summed E-state index contributed by atoms with van der Waals surface area (Å²) in [6, 6.07) is 10.8. The summed E-state index contributed by atoms with van der Waals surface area (Å²) in [7, 11) is 0. The molecule has 4 rings (SSSR count). The number of hydrogen-bond donors (Lipinski definition) is 0. The highest BCUT2D eigenvalue weighted by Crippen LogP contribution is 2.25. The number of aryl methyl sites for hydroxylation is 2. The fraction of sp³-hybridized carbons (Fsp3) is 0.417. The molecule has 1 aliphatic rings. The van der Waals surface area contributed by atoms with Gasteiger partial charge in [-0.25, -0.2) is 9.37 Å². The molecular formula is C24H28FN3O. The summed E-state index contributed by atoms with van der Waals surface area (Å²) >= 11 is 0. The van der Waals surface area contributed by atoms with E-state index >= 15 is 0 Å². The van der Waals surface area contributed by atoms with Gasteiger partial charge in [0.25, 0.3) is 5.56 Å². The van der Waals surface area contributed by atoms with Crippen LogP contribution in [0.3, 0.4) is 0 Å². The van der Waals surface area contributed by atoms with Crippen LogP contribution in [0, 0.1) is 25.6 Å². The number of hydrogen-bond acceptors (Lipinski definition) is 3. The van der Waals surface area contributed by atoms with Gasteiger partial charge in [0.1, 0.15) is 11.6 Å². The number of aromatic nitrogens is 2. The van der Waals surface area contributed by atoms with Crippen LogP contribution in [0.4, 0.5) is 4.39 Å². The van der Waals surface area contributed by atoms with Crippen molar-refractivity contribution in [2.75, 3.05) is 19.6 Å². The van der Waals surface area contributed by atoms with Gasteiger partial charge in [-0.15, -0.1) is 0 Å². The summed E-state index contributed by atoms with van der Waals surface area (Å²) in [5, 5.41) is 0.623. The number of rotatable bonds is 4. The maximum absolute atomic E-state index is 13.6. The highest BCUT2D eigenvalue weighted by Gasteiger charge is 2.21. The Bertz CT molecular complexity index is 1110. The first-order valence-electron chi connectivity index (χ1n) is 10.5. The van der Waals surface area contributed by atoms with E-state index in [2.05, 4.69) is 11.8 Å². The lowest BCUT2D eigenvalue weighted by Gasteiger charge is -2.32. The largest absolute Gasteiger partial charge is 0.303 e. The molecule has 0 saturated carbocycles. The van der Waals surface area contributed by atoms with Crippen molar-refractivity contribution in [1.29, 1.82) is 0 Å². The van der Waals surface area contributed by atoms with Gasteiger partial charge in [0.05, 0.1) is 10.9 Å². The Morgan fingerprint density at radius 2 is 1.90 bits per heavy atom. The average Bonchev–Trinajstić information content (AvgIpc) is 2.73. The van der Waals surface area contributed by atoms with Gasteiger partial charge in [-0.2, -0.15) is 0 Å². The lowest BCUT2D eigenvalue weighted by molar-refractivity contribution is 0.168. The molecule has 0 radical (unpaired) electrons. The zero-order valence-corrected chi connectivity index (χ0v) is 17.4. The summed E-state index contributed by atoms with van der Waals surface area (Å²) in [6.07, 6.45) is 2.33. The molecule has 0 spiro atoms. The molecule has 29 heavy (non-hydrogen) atoms. The number of benzene rings is 2. The van der Waals surface area contributed by atoms with E-state index in [0.29, 0.717) is 28.9 Å². The summed E-state index contributed by atoms with van der Waals surface area (Å²) < 4.78 is 15.5. The lowest BCUT2D eigenvalue weighted by atomic mass is 9.97. The Labute approximate surface area is 171 Å². The smallest absolute Gasteiger partial charge is 0.261 e. The summed E-state index contributed by atoms with van der Waals surface area (Å²) in [4.78, 5) is 20.5. The van der Waals surface area contributed by atoms with E-state index in [0.717, 1.165) is 43.0 Å². The third-order valence-electron chi connectivity index (χ3n) is 6.13. The molecule has 1 aromatic heterocycles. The Kier molecular flexibility index (Phi) is 5.50. The van der Waals surface area contributed by atoms with Gasteiger partial charge in [0.15, 0.2) is 0 Å². The fourth-order valence-corrected chi connectivity index (χ4v) is 4.40. The standard InChI is InChI=1S/C24H28FN3O/c1-4-27-11-5-6-18(14-27)15-28-17(3)26-23-10-8-20(13-21(23)24(28)29)19-7-9-22(25)16(2)12-19/h7-10,12-13,18H,4-6,11,14-15H2,1-3H3.